The summed E-state index contributed by atoms with van der Waals surface area (Å²) in [6, 6.07) is 8.45. The molecule has 0 aliphatic carbocycles. The van der Waals surface area contributed by atoms with Crippen LogP contribution in [0.3, 0.4) is 0 Å². The van der Waals surface area contributed by atoms with E-state index in [1.807, 2.05) is 13.0 Å². The van der Waals surface area contributed by atoms with E-state index in [-0.39, 0.29) is 11.1 Å². The third kappa shape index (κ3) is 2.70. The summed E-state index contributed by atoms with van der Waals surface area (Å²) < 4.78 is 6.55. The summed E-state index contributed by atoms with van der Waals surface area (Å²) in [5.41, 5.74) is 2.14. The summed E-state index contributed by atoms with van der Waals surface area (Å²) in [4.78, 5) is 32.9. The van der Waals surface area contributed by atoms with E-state index in [2.05, 4.69) is 9.97 Å². The maximum atomic E-state index is 12.2. The van der Waals surface area contributed by atoms with Gasteiger partial charge in [-0.15, -0.1) is 0 Å². The molecular weight excluding hydrogens is 294 g/mol. The lowest BCUT2D eigenvalue weighted by Crippen LogP contribution is -2.20. The molecular formula is C17H15N3O3. The van der Waals surface area contributed by atoms with E-state index in [1.165, 1.54) is 13.2 Å². The topological polar surface area (TPSA) is 74.1 Å². The van der Waals surface area contributed by atoms with Gasteiger partial charge in [-0.2, -0.15) is 0 Å². The number of rotatable bonds is 3. The van der Waals surface area contributed by atoms with Gasteiger partial charge in [0, 0.05) is 23.8 Å². The van der Waals surface area contributed by atoms with E-state index in [0.29, 0.717) is 17.4 Å². The van der Waals surface area contributed by atoms with Crippen molar-refractivity contribution in [3.8, 4) is 0 Å². The van der Waals surface area contributed by atoms with Gasteiger partial charge in [-0.1, -0.05) is 12.1 Å². The lowest BCUT2D eigenvalue weighted by Gasteiger charge is -2.15. The molecule has 6 nitrogen and oxygen atoms in total. The van der Waals surface area contributed by atoms with Gasteiger partial charge in [-0.3, -0.25) is 14.8 Å². The maximum absolute atomic E-state index is 12.2. The van der Waals surface area contributed by atoms with Gasteiger partial charge in [0.25, 0.3) is 0 Å². The van der Waals surface area contributed by atoms with Crippen molar-refractivity contribution in [2.24, 2.45) is 0 Å². The van der Waals surface area contributed by atoms with Crippen molar-refractivity contribution in [1.29, 1.82) is 0 Å². The number of esters is 1. The van der Waals surface area contributed by atoms with Crippen LogP contribution in [-0.2, 0) is 11.3 Å². The van der Waals surface area contributed by atoms with E-state index in [0.717, 1.165) is 11.4 Å². The second kappa shape index (κ2) is 6.00. The minimum absolute atomic E-state index is 0.196. The number of fused-ring (bicyclic) bond motifs is 1. The summed E-state index contributed by atoms with van der Waals surface area (Å²) in [6.07, 6.45) is 3.22. The molecule has 0 amide bonds. The van der Waals surface area contributed by atoms with Gasteiger partial charge in [0.05, 0.1) is 30.6 Å². The Morgan fingerprint density at radius 3 is 2.70 bits per heavy atom. The molecule has 0 atom stereocenters. The van der Waals surface area contributed by atoms with Crippen LogP contribution in [-0.4, -0.2) is 27.6 Å². The first-order valence-corrected chi connectivity index (χ1v) is 7.09. The summed E-state index contributed by atoms with van der Waals surface area (Å²) in [5, 5.41) is 0.543. The fourth-order valence-corrected chi connectivity index (χ4v) is 2.51. The lowest BCUT2D eigenvalue weighted by atomic mass is 10.1. The fourth-order valence-electron chi connectivity index (χ4n) is 2.51. The SMILES string of the molecule is COC(=O)c1cc(=O)c2ccccc2n1Cc1nccnc1C. The largest absolute Gasteiger partial charge is 0.464 e. The smallest absolute Gasteiger partial charge is 0.354 e. The molecule has 0 aliphatic rings. The third-order valence-electron chi connectivity index (χ3n) is 3.70. The maximum Gasteiger partial charge on any atom is 0.354 e. The number of carbonyl (C=O) groups is 1. The number of pyridine rings is 1. The minimum atomic E-state index is -0.561. The molecule has 2 heterocycles. The Morgan fingerprint density at radius 1 is 1.22 bits per heavy atom. The zero-order chi connectivity index (χ0) is 16.4. The number of hydrogen-bond acceptors (Lipinski definition) is 5. The van der Waals surface area contributed by atoms with Crippen LogP contribution in [0.1, 0.15) is 21.9 Å². The number of para-hydroxylation sites is 1. The van der Waals surface area contributed by atoms with Gasteiger partial charge in [0.15, 0.2) is 5.43 Å². The molecule has 0 N–H and O–H groups in total. The van der Waals surface area contributed by atoms with Crippen molar-refractivity contribution >= 4 is 16.9 Å². The second-order valence-corrected chi connectivity index (χ2v) is 5.08. The molecule has 0 saturated carbocycles. The first kappa shape index (κ1) is 14.9. The van der Waals surface area contributed by atoms with Crippen LogP contribution in [0.5, 0.6) is 0 Å². The highest BCUT2D eigenvalue weighted by molar-refractivity contribution is 5.91. The summed E-state index contributed by atoms with van der Waals surface area (Å²) in [6.45, 7) is 2.18. The Kier molecular flexibility index (Phi) is 3.89. The number of hydrogen-bond donors (Lipinski definition) is 0. The number of methoxy groups -OCH3 is 1. The summed E-state index contributed by atoms with van der Waals surface area (Å²) in [7, 11) is 1.29. The van der Waals surface area contributed by atoms with E-state index in [1.54, 1.807) is 35.2 Å². The number of aromatic nitrogens is 3. The number of benzene rings is 1. The minimum Gasteiger partial charge on any atom is -0.464 e. The van der Waals surface area contributed by atoms with Gasteiger partial charge >= 0.3 is 5.97 Å². The average molecular weight is 309 g/mol. The molecule has 0 radical (unpaired) electrons. The van der Waals surface area contributed by atoms with E-state index in [9.17, 15) is 9.59 Å². The lowest BCUT2D eigenvalue weighted by molar-refractivity contribution is 0.0588. The van der Waals surface area contributed by atoms with Crippen molar-refractivity contribution < 1.29 is 9.53 Å². The molecule has 116 valence electrons. The van der Waals surface area contributed by atoms with E-state index < -0.39 is 5.97 Å². The van der Waals surface area contributed by atoms with Crippen LogP contribution in [0.2, 0.25) is 0 Å². The normalized spacial score (nSPS) is 10.7. The average Bonchev–Trinajstić information content (AvgIpc) is 2.58. The van der Waals surface area contributed by atoms with Crippen molar-refractivity contribution in [2.45, 2.75) is 13.5 Å². The first-order valence-electron chi connectivity index (χ1n) is 7.09. The number of nitrogens with zero attached hydrogens (tertiary/aromatic N) is 3. The second-order valence-electron chi connectivity index (χ2n) is 5.08. The quantitative estimate of drug-likeness (QED) is 0.691. The van der Waals surface area contributed by atoms with Crippen LogP contribution < -0.4 is 5.43 Å². The monoisotopic (exact) mass is 309 g/mol. The van der Waals surface area contributed by atoms with Crippen molar-refractivity contribution in [3.05, 3.63) is 70.0 Å². The molecule has 0 aliphatic heterocycles. The molecule has 0 unspecified atom stereocenters. The molecule has 0 saturated heterocycles. The van der Waals surface area contributed by atoms with E-state index in [4.69, 9.17) is 4.74 Å². The van der Waals surface area contributed by atoms with Gasteiger partial charge in [0.2, 0.25) is 0 Å². The zero-order valence-corrected chi connectivity index (χ0v) is 12.8. The van der Waals surface area contributed by atoms with Crippen LogP contribution in [0.4, 0.5) is 0 Å². The number of ether oxygens (including phenoxy) is 1. The van der Waals surface area contributed by atoms with Crippen LogP contribution >= 0.6 is 0 Å². The molecule has 0 bridgehead atoms. The zero-order valence-electron chi connectivity index (χ0n) is 12.8. The Morgan fingerprint density at radius 2 is 1.96 bits per heavy atom. The Balaban J connectivity index is 2.28. The highest BCUT2D eigenvalue weighted by Gasteiger charge is 2.17. The van der Waals surface area contributed by atoms with Gasteiger partial charge in [0.1, 0.15) is 5.69 Å². The van der Waals surface area contributed by atoms with E-state index >= 15 is 0 Å². The molecule has 3 aromatic rings. The fraction of sp³-hybridized carbons (Fsp3) is 0.176. The van der Waals surface area contributed by atoms with Crippen molar-refractivity contribution in [3.63, 3.8) is 0 Å². The molecule has 0 fully saturated rings. The van der Waals surface area contributed by atoms with Crippen LogP contribution in [0, 0.1) is 6.92 Å². The molecule has 1 aromatic carbocycles. The van der Waals surface area contributed by atoms with Gasteiger partial charge in [-0.05, 0) is 19.1 Å². The predicted molar refractivity (Wildman–Crippen MR) is 85.4 cm³/mol. The highest BCUT2D eigenvalue weighted by atomic mass is 16.5. The first-order chi connectivity index (χ1) is 11.1. The molecule has 0 spiro atoms. The Bertz CT molecular complexity index is 947. The standard InChI is InChI=1S/C17H15N3O3/c1-11-13(19-8-7-18-11)10-20-14-6-4-3-5-12(14)16(21)9-15(20)17(22)23-2/h3-9H,10H2,1-2H3. The molecule has 6 heteroatoms. The van der Waals surface area contributed by atoms with Crippen LogP contribution in [0.25, 0.3) is 10.9 Å². The summed E-state index contributed by atoms with van der Waals surface area (Å²) >= 11 is 0. The molecule has 2 aromatic heterocycles. The van der Waals surface area contributed by atoms with Gasteiger partial charge < -0.3 is 9.30 Å². The highest BCUT2D eigenvalue weighted by Crippen LogP contribution is 2.16. The Labute approximate surface area is 132 Å². The molecule has 23 heavy (non-hydrogen) atoms. The Hall–Kier alpha value is -3.02. The van der Waals surface area contributed by atoms with Crippen molar-refractivity contribution in [1.82, 2.24) is 14.5 Å². The van der Waals surface area contributed by atoms with Crippen molar-refractivity contribution in [2.75, 3.05) is 7.11 Å². The predicted octanol–water partition coefficient (Wildman–Crippen LogP) is 1.93. The third-order valence-corrected chi connectivity index (χ3v) is 3.70. The molecule has 3 rings (SSSR count). The summed E-state index contributed by atoms with van der Waals surface area (Å²) in [5.74, 6) is -0.561. The number of aryl methyl sites for hydroxylation is 1. The van der Waals surface area contributed by atoms with Crippen LogP contribution in [0.15, 0.2) is 47.5 Å². The number of carbonyl (C=O) groups excluding carboxylic acids is 1. The van der Waals surface area contributed by atoms with Gasteiger partial charge in [-0.25, -0.2) is 4.79 Å².